The number of aromatic amines is 1. The van der Waals surface area contributed by atoms with Crippen molar-refractivity contribution in [1.29, 1.82) is 0 Å². The van der Waals surface area contributed by atoms with Gasteiger partial charge in [-0.25, -0.2) is 14.8 Å². The predicted octanol–water partition coefficient (Wildman–Crippen LogP) is 3.94. The minimum atomic E-state index is -0.346. The molecule has 4 rings (SSSR count). The van der Waals surface area contributed by atoms with Crippen LogP contribution in [0.4, 0.5) is 5.82 Å². The molecule has 0 amide bonds. The van der Waals surface area contributed by atoms with Gasteiger partial charge in [-0.05, 0) is 38.5 Å². The van der Waals surface area contributed by atoms with Gasteiger partial charge in [0.25, 0.3) is 0 Å². The summed E-state index contributed by atoms with van der Waals surface area (Å²) < 4.78 is 11.0. The number of fused-ring (bicyclic) bond motifs is 3. The molecule has 3 aromatic heterocycles. The first-order valence-corrected chi connectivity index (χ1v) is 8.87. The molecule has 8 nitrogen and oxygen atoms in total. The number of aromatic nitrogens is 3. The lowest BCUT2D eigenvalue weighted by atomic mass is 10.1. The van der Waals surface area contributed by atoms with Crippen LogP contribution in [0, 0.1) is 13.8 Å². The number of rotatable bonds is 5. The van der Waals surface area contributed by atoms with Gasteiger partial charge in [-0.2, -0.15) is 5.10 Å². The number of nitrogens with one attached hydrogen (secondary N) is 2. The zero-order valence-electron chi connectivity index (χ0n) is 15.7. The molecule has 0 fully saturated rings. The Balaban J connectivity index is 1.62. The van der Waals surface area contributed by atoms with Gasteiger partial charge in [0.05, 0.1) is 24.1 Å². The number of anilines is 1. The number of hydrogen-bond acceptors (Lipinski definition) is 7. The Hall–Kier alpha value is -3.68. The van der Waals surface area contributed by atoms with E-state index in [0.717, 1.165) is 27.7 Å². The summed E-state index contributed by atoms with van der Waals surface area (Å²) in [6, 6.07) is 7.66. The minimum Gasteiger partial charge on any atom is -0.462 e. The average molecular weight is 377 g/mol. The number of esters is 1. The highest BCUT2D eigenvalue weighted by atomic mass is 16.5. The summed E-state index contributed by atoms with van der Waals surface area (Å²) in [4.78, 5) is 23.8. The summed E-state index contributed by atoms with van der Waals surface area (Å²) >= 11 is 0. The van der Waals surface area contributed by atoms with Gasteiger partial charge in [0.1, 0.15) is 17.4 Å². The lowest BCUT2D eigenvalue weighted by molar-refractivity contribution is 0.0525. The summed E-state index contributed by atoms with van der Waals surface area (Å²) in [6.07, 6.45) is 3.06. The predicted molar refractivity (Wildman–Crippen MR) is 107 cm³/mol. The van der Waals surface area contributed by atoms with E-state index in [9.17, 15) is 4.79 Å². The quantitative estimate of drug-likeness (QED) is 0.310. The Kier molecular flexibility index (Phi) is 4.52. The molecule has 0 atom stereocenters. The van der Waals surface area contributed by atoms with Gasteiger partial charge in [-0.15, -0.1) is 0 Å². The molecule has 0 spiro atoms. The third kappa shape index (κ3) is 2.98. The van der Waals surface area contributed by atoms with E-state index in [-0.39, 0.29) is 5.97 Å². The Labute approximate surface area is 160 Å². The first-order valence-electron chi connectivity index (χ1n) is 8.87. The number of aryl methyl sites for hydroxylation is 1. The van der Waals surface area contributed by atoms with E-state index in [1.165, 1.54) is 6.33 Å². The summed E-state index contributed by atoms with van der Waals surface area (Å²) in [7, 11) is 0. The largest absolute Gasteiger partial charge is 0.462 e. The van der Waals surface area contributed by atoms with Crippen LogP contribution in [0.15, 0.2) is 40.1 Å². The van der Waals surface area contributed by atoms with Crippen LogP contribution in [-0.4, -0.2) is 33.7 Å². The molecule has 28 heavy (non-hydrogen) atoms. The lowest BCUT2D eigenvalue weighted by Crippen LogP contribution is -2.06. The van der Waals surface area contributed by atoms with Crippen molar-refractivity contribution in [2.75, 3.05) is 12.0 Å². The maximum atomic E-state index is 12.1. The van der Waals surface area contributed by atoms with E-state index in [0.29, 0.717) is 29.3 Å². The van der Waals surface area contributed by atoms with Crippen molar-refractivity contribution >= 4 is 40.1 Å². The van der Waals surface area contributed by atoms with Gasteiger partial charge in [0.2, 0.25) is 0 Å². The van der Waals surface area contributed by atoms with Crippen molar-refractivity contribution in [1.82, 2.24) is 15.0 Å². The van der Waals surface area contributed by atoms with Gasteiger partial charge in [-0.3, -0.25) is 5.43 Å². The molecule has 0 saturated carbocycles. The maximum Gasteiger partial charge on any atom is 0.340 e. The summed E-state index contributed by atoms with van der Waals surface area (Å²) in [5.41, 5.74) is 7.64. The van der Waals surface area contributed by atoms with Crippen LogP contribution in [0.3, 0.4) is 0 Å². The van der Waals surface area contributed by atoms with Gasteiger partial charge in [-0.1, -0.05) is 12.1 Å². The molecule has 0 unspecified atom stereocenters. The fourth-order valence-corrected chi connectivity index (χ4v) is 3.17. The molecule has 0 aliphatic carbocycles. The number of furan rings is 1. The van der Waals surface area contributed by atoms with Crippen molar-refractivity contribution in [2.24, 2.45) is 5.10 Å². The third-order valence-electron chi connectivity index (χ3n) is 4.48. The smallest absolute Gasteiger partial charge is 0.340 e. The van der Waals surface area contributed by atoms with Crippen LogP contribution in [0.5, 0.6) is 0 Å². The maximum absolute atomic E-state index is 12.1. The second-order valence-electron chi connectivity index (χ2n) is 6.25. The first-order chi connectivity index (χ1) is 13.6. The average Bonchev–Trinajstić information content (AvgIpc) is 3.20. The number of carbonyl (C=O) groups excluding carboxylic acids is 1. The van der Waals surface area contributed by atoms with E-state index < -0.39 is 0 Å². The fraction of sp³-hybridized carbons (Fsp3) is 0.200. The highest BCUT2D eigenvalue weighted by Gasteiger charge is 2.18. The van der Waals surface area contributed by atoms with E-state index in [1.54, 1.807) is 13.1 Å². The number of hydrazone groups is 1. The van der Waals surface area contributed by atoms with Gasteiger partial charge < -0.3 is 14.1 Å². The van der Waals surface area contributed by atoms with Crippen LogP contribution < -0.4 is 5.43 Å². The Bertz CT molecular complexity index is 1210. The molecule has 8 heteroatoms. The third-order valence-corrected chi connectivity index (χ3v) is 4.48. The van der Waals surface area contributed by atoms with Gasteiger partial charge >= 0.3 is 5.97 Å². The van der Waals surface area contributed by atoms with Gasteiger partial charge in [0, 0.05) is 11.1 Å². The van der Waals surface area contributed by atoms with Crippen molar-refractivity contribution in [3.05, 3.63) is 53.1 Å². The highest BCUT2D eigenvalue weighted by molar-refractivity contribution is 6.05. The van der Waals surface area contributed by atoms with Crippen LogP contribution >= 0.6 is 0 Å². The zero-order chi connectivity index (χ0) is 19.7. The second kappa shape index (κ2) is 7.15. The van der Waals surface area contributed by atoms with Crippen molar-refractivity contribution in [2.45, 2.75) is 20.8 Å². The number of nitrogens with zero attached hydrogens (tertiary/aromatic N) is 3. The van der Waals surface area contributed by atoms with Crippen molar-refractivity contribution in [3.63, 3.8) is 0 Å². The van der Waals surface area contributed by atoms with Crippen LogP contribution in [0.2, 0.25) is 0 Å². The Morgan fingerprint density at radius 3 is 2.96 bits per heavy atom. The second-order valence-corrected chi connectivity index (χ2v) is 6.25. The molecule has 3 heterocycles. The molecule has 2 N–H and O–H groups in total. The van der Waals surface area contributed by atoms with E-state index in [1.807, 2.05) is 38.1 Å². The van der Waals surface area contributed by atoms with E-state index >= 15 is 0 Å². The molecule has 4 aromatic rings. The number of H-pyrrole nitrogens is 1. The topological polar surface area (TPSA) is 105 Å². The standard InChI is InChI=1S/C20H19N5O3/c1-4-27-20(26)16-11(2)14(24-12(16)3)9-23-25-19-18-17(21-10-22-19)13-7-5-6-8-15(13)28-18/h5-10,24H,4H2,1-3H3,(H,21,22,25)/b23-9+. The molecule has 0 bridgehead atoms. The summed E-state index contributed by atoms with van der Waals surface area (Å²) in [6.45, 7) is 5.78. The Morgan fingerprint density at radius 2 is 2.14 bits per heavy atom. The Morgan fingerprint density at radius 1 is 1.32 bits per heavy atom. The molecule has 0 aliphatic rings. The van der Waals surface area contributed by atoms with Crippen LogP contribution in [0.1, 0.15) is 34.2 Å². The number of hydrogen-bond donors (Lipinski definition) is 2. The first kappa shape index (κ1) is 17.7. The monoisotopic (exact) mass is 377 g/mol. The van der Waals surface area contributed by atoms with E-state index in [4.69, 9.17) is 9.15 Å². The fourth-order valence-electron chi connectivity index (χ4n) is 3.17. The zero-order valence-corrected chi connectivity index (χ0v) is 15.7. The molecule has 142 valence electrons. The number of benzene rings is 1. The van der Waals surface area contributed by atoms with Crippen molar-refractivity contribution in [3.8, 4) is 0 Å². The van der Waals surface area contributed by atoms with Crippen LogP contribution in [0.25, 0.3) is 22.1 Å². The molecule has 1 aromatic carbocycles. The van der Waals surface area contributed by atoms with Gasteiger partial charge in [0.15, 0.2) is 11.4 Å². The molecule has 0 saturated heterocycles. The normalized spacial score (nSPS) is 11.5. The van der Waals surface area contributed by atoms with Crippen LogP contribution in [-0.2, 0) is 4.74 Å². The van der Waals surface area contributed by atoms with E-state index in [2.05, 4.69) is 25.5 Å². The molecular formula is C20H19N5O3. The summed E-state index contributed by atoms with van der Waals surface area (Å²) in [5, 5.41) is 5.16. The number of para-hydroxylation sites is 1. The minimum absolute atomic E-state index is 0.328. The molecule has 0 aliphatic heterocycles. The molecular weight excluding hydrogens is 358 g/mol. The highest BCUT2D eigenvalue weighted by Crippen LogP contribution is 2.30. The lowest BCUT2D eigenvalue weighted by Gasteiger charge is -2.02. The number of ether oxygens (including phenoxy) is 1. The molecule has 0 radical (unpaired) electrons. The summed E-state index contributed by atoms with van der Waals surface area (Å²) in [5.74, 6) is 0.116. The number of carbonyl (C=O) groups is 1. The van der Waals surface area contributed by atoms with Crippen molar-refractivity contribution < 1.29 is 13.9 Å². The SMILES string of the molecule is CCOC(=O)c1c(C)[nH]c(/C=N/Nc2ncnc3c2oc2ccccc23)c1C.